The highest BCUT2D eigenvalue weighted by molar-refractivity contribution is 5.99. The number of imidazole rings is 1. The number of piperidine rings is 1. The SMILES string of the molecule is CCn1c(-c2cccc(C(F)(F)F)c2)nc(-c2ccncc2)c1C(=O)N1CCC(N2CCCC2)CC1. The van der Waals surface area contributed by atoms with E-state index in [0.29, 0.717) is 54.0 Å². The van der Waals surface area contributed by atoms with Crippen LogP contribution in [0.25, 0.3) is 22.6 Å². The zero-order chi connectivity index (χ0) is 25.3. The molecule has 190 valence electrons. The Morgan fingerprint density at radius 2 is 1.69 bits per heavy atom. The van der Waals surface area contributed by atoms with Crippen LogP contribution in [0, 0.1) is 0 Å². The van der Waals surface area contributed by atoms with Gasteiger partial charge in [0.1, 0.15) is 17.2 Å². The molecule has 0 aliphatic carbocycles. The van der Waals surface area contributed by atoms with Crippen molar-refractivity contribution in [1.82, 2.24) is 24.3 Å². The lowest BCUT2D eigenvalue weighted by Crippen LogP contribution is -2.46. The van der Waals surface area contributed by atoms with Gasteiger partial charge < -0.3 is 14.4 Å². The van der Waals surface area contributed by atoms with Gasteiger partial charge in [-0.3, -0.25) is 9.78 Å². The first-order valence-corrected chi connectivity index (χ1v) is 12.6. The minimum Gasteiger partial charge on any atom is -0.337 e. The molecular formula is C27H30F3N5O. The van der Waals surface area contributed by atoms with Crippen LogP contribution in [-0.2, 0) is 12.7 Å². The number of benzene rings is 1. The Morgan fingerprint density at radius 3 is 2.33 bits per heavy atom. The monoisotopic (exact) mass is 497 g/mol. The molecule has 1 amide bonds. The van der Waals surface area contributed by atoms with E-state index in [0.717, 1.165) is 38.1 Å². The molecule has 3 aromatic rings. The van der Waals surface area contributed by atoms with Gasteiger partial charge in [-0.15, -0.1) is 0 Å². The van der Waals surface area contributed by atoms with Crippen LogP contribution in [-0.4, -0.2) is 62.5 Å². The summed E-state index contributed by atoms with van der Waals surface area (Å²) < 4.78 is 42.0. The third kappa shape index (κ3) is 4.76. The van der Waals surface area contributed by atoms with E-state index in [2.05, 4.69) is 9.88 Å². The van der Waals surface area contributed by atoms with Gasteiger partial charge in [0.15, 0.2) is 0 Å². The maximum Gasteiger partial charge on any atom is 0.416 e. The summed E-state index contributed by atoms with van der Waals surface area (Å²) >= 11 is 0. The van der Waals surface area contributed by atoms with E-state index in [-0.39, 0.29) is 5.91 Å². The molecule has 1 aromatic carbocycles. The highest BCUT2D eigenvalue weighted by Gasteiger charge is 2.34. The molecule has 0 radical (unpaired) electrons. The van der Waals surface area contributed by atoms with Crippen molar-refractivity contribution in [3.8, 4) is 22.6 Å². The zero-order valence-corrected chi connectivity index (χ0v) is 20.3. The molecule has 36 heavy (non-hydrogen) atoms. The van der Waals surface area contributed by atoms with Crippen LogP contribution >= 0.6 is 0 Å². The van der Waals surface area contributed by atoms with Crippen LogP contribution in [0.4, 0.5) is 13.2 Å². The summed E-state index contributed by atoms with van der Waals surface area (Å²) in [4.78, 5) is 27.2. The highest BCUT2D eigenvalue weighted by Crippen LogP contribution is 2.35. The topological polar surface area (TPSA) is 54.3 Å². The Morgan fingerprint density at radius 1 is 1.00 bits per heavy atom. The predicted molar refractivity (Wildman–Crippen MR) is 131 cm³/mol. The van der Waals surface area contributed by atoms with E-state index in [9.17, 15) is 18.0 Å². The van der Waals surface area contributed by atoms with Gasteiger partial charge in [0.25, 0.3) is 5.91 Å². The number of halogens is 3. The number of alkyl halides is 3. The Labute approximate surface area is 208 Å². The molecule has 4 heterocycles. The summed E-state index contributed by atoms with van der Waals surface area (Å²) in [5.41, 5.74) is 1.18. The van der Waals surface area contributed by atoms with Crippen molar-refractivity contribution < 1.29 is 18.0 Å². The van der Waals surface area contributed by atoms with E-state index in [4.69, 9.17) is 4.98 Å². The zero-order valence-electron chi connectivity index (χ0n) is 20.3. The standard InChI is InChI=1S/C27H30F3N5O/c1-2-35-24(26(36)34-16-10-22(11-17-34)33-14-3-4-15-33)23(19-8-12-31-13-9-19)32-25(35)20-6-5-7-21(18-20)27(28,29)30/h5-9,12-13,18,22H,2-4,10-11,14-17H2,1H3. The van der Waals surface area contributed by atoms with Crippen molar-refractivity contribution in [3.05, 3.63) is 60.0 Å². The number of likely N-dealkylation sites (tertiary alicyclic amines) is 2. The van der Waals surface area contributed by atoms with Crippen molar-refractivity contribution in [3.63, 3.8) is 0 Å². The van der Waals surface area contributed by atoms with Gasteiger partial charge in [-0.05, 0) is 70.0 Å². The Balaban J connectivity index is 1.53. The third-order valence-corrected chi connectivity index (χ3v) is 7.30. The minimum atomic E-state index is -4.47. The maximum absolute atomic E-state index is 13.9. The number of carbonyl (C=O) groups excluding carboxylic acids is 1. The summed E-state index contributed by atoms with van der Waals surface area (Å²) in [5.74, 6) is 0.222. The number of hydrogen-bond donors (Lipinski definition) is 0. The maximum atomic E-state index is 13.9. The smallest absolute Gasteiger partial charge is 0.337 e. The lowest BCUT2D eigenvalue weighted by atomic mass is 10.0. The molecule has 5 rings (SSSR count). The van der Waals surface area contributed by atoms with Gasteiger partial charge in [0, 0.05) is 49.2 Å². The van der Waals surface area contributed by atoms with Gasteiger partial charge in [-0.25, -0.2) is 4.98 Å². The summed E-state index contributed by atoms with van der Waals surface area (Å²) in [7, 11) is 0. The second kappa shape index (κ2) is 10.0. The molecule has 9 heteroatoms. The summed E-state index contributed by atoms with van der Waals surface area (Å²) in [5, 5.41) is 0. The average molecular weight is 498 g/mol. The largest absolute Gasteiger partial charge is 0.416 e. The first-order valence-electron chi connectivity index (χ1n) is 12.6. The number of pyridine rings is 1. The first kappa shape index (κ1) is 24.5. The van der Waals surface area contributed by atoms with Gasteiger partial charge >= 0.3 is 6.18 Å². The lowest BCUT2D eigenvalue weighted by Gasteiger charge is -2.36. The minimum absolute atomic E-state index is 0.130. The van der Waals surface area contributed by atoms with Crippen molar-refractivity contribution in [2.75, 3.05) is 26.2 Å². The second-order valence-corrected chi connectivity index (χ2v) is 9.46. The number of amides is 1. The molecule has 6 nitrogen and oxygen atoms in total. The van der Waals surface area contributed by atoms with E-state index in [1.807, 2.05) is 11.8 Å². The lowest BCUT2D eigenvalue weighted by molar-refractivity contribution is -0.137. The number of nitrogens with zero attached hydrogens (tertiary/aromatic N) is 5. The molecule has 2 saturated heterocycles. The molecule has 2 aromatic heterocycles. The fraction of sp³-hybridized carbons (Fsp3) is 0.444. The van der Waals surface area contributed by atoms with Crippen molar-refractivity contribution in [2.45, 2.75) is 51.4 Å². The Kier molecular flexibility index (Phi) is 6.83. The molecular weight excluding hydrogens is 467 g/mol. The quantitative estimate of drug-likeness (QED) is 0.477. The molecule has 2 aliphatic heterocycles. The van der Waals surface area contributed by atoms with Crippen molar-refractivity contribution in [2.24, 2.45) is 0 Å². The fourth-order valence-corrected chi connectivity index (χ4v) is 5.43. The van der Waals surface area contributed by atoms with Crippen LogP contribution in [0.1, 0.15) is 48.7 Å². The molecule has 0 bridgehead atoms. The van der Waals surface area contributed by atoms with E-state index in [1.165, 1.54) is 18.9 Å². The molecule has 0 spiro atoms. The molecule has 2 aliphatic rings. The molecule has 0 atom stereocenters. The Bertz CT molecular complexity index is 1210. The van der Waals surface area contributed by atoms with E-state index in [1.54, 1.807) is 35.2 Å². The molecule has 0 N–H and O–H groups in total. The van der Waals surface area contributed by atoms with Crippen molar-refractivity contribution >= 4 is 5.91 Å². The highest BCUT2D eigenvalue weighted by atomic mass is 19.4. The number of rotatable bonds is 5. The van der Waals surface area contributed by atoms with Gasteiger partial charge in [0.05, 0.1) is 5.56 Å². The molecule has 0 unspecified atom stereocenters. The number of hydrogen-bond acceptors (Lipinski definition) is 4. The van der Waals surface area contributed by atoms with Crippen molar-refractivity contribution in [1.29, 1.82) is 0 Å². The second-order valence-electron chi connectivity index (χ2n) is 9.46. The van der Waals surface area contributed by atoms with Crippen LogP contribution < -0.4 is 0 Å². The summed E-state index contributed by atoms with van der Waals surface area (Å²) in [6.45, 7) is 5.86. The molecule has 0 saturated carbocycles. The van der Waals surface area contributed by atoms with E-state index < -0.39 is 11.7 Å². The summed E-state index contributed by atoms with van der Waals surface area (Å²) in [6.07, 6.45) is 3.12. The number of carbonyl (C=O) groups is 1. The van der Waals surface area contributed by atoms with Crippen LogP contribution in [0.2, 0.25) is 0 Å². The average Bonchev–Trinajstić information content (AvgIpc) is 3.57. The Hall–Kier alpha value is -3.20. The third-order valence-electron chi connectivity index (χ3n) is 7.30. The fourth-order valence-electron chi connectivity index (χ4n) is 5.43. The normalized spacial score (nSPS) is 17.6. The number of aromatic nitrogens is 3. The summed E-state index contributed by atoms with van der Waals surface area (Å²) in [6, 6.07) is 9.18. The van der Waals surface area contributed by atoms with Gasteiger partial charge in [0.2, 0.25) is 0 Å². The van der Waals surface area contributed by atoms with E-state index >= 15 is 0 Å². The van der Waals surface area contributed by atoms with Gasteiger partial charge in [-0.1, -0.05) is 12.1 Å². The van der Waals surface area contributed by atoms with Gasteiger partial charge in [-0.2, -0.15) is 13.2 Å². The predicted octanol–water partition coefficient (Wildman–Crippen LogP) is 5.35. The first-order chi connectivity index (χ1) is 17.4. The van der Waals surface area contributed by atoms with Crippen LogP contribution in [0.15, 0.2) is 48.8 Å². The molecule has 2 fully saturated rings. The van der Waals surface area contributed by atoms with Crippen LogP contribution in [0.3, 0.4) is 0 Å². The van der Waals surface area contributed by atoms with Crippen LogP contribution in [0.5, 0.6) is 0 Å².